The van der Waals surface area contributed by atoms with Crippen LogP contribution in [0.1, 0.15) is 66.2 Å². The fourth-order valence-electron chi connectivity index (χ4n) is 3.69. The number of nitrogens with one attached hydrogen (secondary N) is 1. The van der Waals surface area contributed by atoms with E-state index in [1.165, 1.54) is 58.2 Å². The topological polar surface area (TPSA) is 15.3 Å². The van der Waals surface area contributed by atoms with E-state index in [-0.39, 0.29) is 0 Å². The smallest absolute Gasteiger partial charge is 0.0334 e. The van der Waals surface area contributed by atoms with Gasteiger partial charge in [-0.3, -0.25) is 4.90 Å². The Labute approximate surface area is 120 Å². The lowest BCUT2D eigenvalue weighted by atomic mass is 9.88. The van der Waals surface area contributed by atoms with E-state index in [1.54, 1.807) is 0 Å². The van der Waals surface area contributed by atoms with E-state index in [1.807, 2.05) is 0 Å². The van der Waals surface area contributed by atoms with Crippen molar-refractivity contribution in [1.29, 1.82) is 0 Å². The molecular weight excluding hydrogens is 232 g/mol. The summed E-state index contributed by atoms with van der Waals surface area (Å²) in [7, 11) is 0. The Morgan fingerprint density at radius 1 is 1.32 bits per heavy atom. The fraction of sp³-hybridized carbons (Fsp3) is 1.00. The second-order valence-electron chi connectivity index (χ2n) is 7.48. The fourth-order valence-corrected chi connectivity index (χ4v) is 3.69. The zero-order valence-electron chi connectivity index (χ0n) is 13.5. The number of hydrogen-bond acceptors (Lipinski definition) is 2. The van der Waals surface area contributed by atoms with E-state index >= 15 is 0 Å². The van der Waals surface area contributed by atoms with Gasteiger partial charge in [0.2, 0.25) is 0 Å². The first kappa shape index (κ1) is 15.3. The second kappa shape index (κ2) is 6.58. The first-order valence-electron chi connectivity index (χ1n) is 8.54. The van der Waals surface area contributed by atoms with E-state index in [0.717, 1.165) is 17.9 Å². The van der Waals surface area contributed by atoms with Gasteiger partial charge in [-0.15, -0.1) is 0 Å². The Hall–Kier alpha value is -0.0800. The predicted octanol–water partition coefficient (Wildman–Crippen LogP) is 3.67. The molecule has 0 aromatic heterocycles. The van der Waals surface area contributed by atoms with Crippen molar-refractivity contribution in [3.05, 3.63) is 0 Å². The molecule has 2 atom stereocenters. The molecule has 0 aromatic carbocycles. The molecule has 2 rings (SSSR count). The molecule has 1 aliphatic carbocycles. The standard InChI is InChI=1S/C17H34N2/c1-5-7-16-12-19(11-6-8-14(2)3)17(4,13-18-16)15-9-10-15/h14-16,18H,5-13H2,1-4H3. The largest absolute Gasteiger partial charge is 0.311 e. The lowest BCUT2D eigenvalue weighted by Crippen LogP contribution is -2.64. The molecule has 1 saturated carbocycles. The van der Waals surface area contributed by atoms with Crippen molar-refractivity contribution in [2.45, 2.75) is 77.8 Å². The summed E-state index contributed by atoms with van der Waals surface area (Å²) in [5.41, 5.74) is 0.446. The first-order valence-corrected chi connectivity index (χ1v) is 8.54. The molecule has 1 aliphatic heterocycles. The number of nitrogens with zero attached hydrogens (tertiary/aromatic N) is 1. The molecule has 2 heteroatoms. The van der Waals surface area contributed by atoms with E-state index in [0.29, 0.717) is 5.54 Å². The summed E-state index contributed by atoms with van der Waals surface area (Å²) in [4.78, 5) is 2.84. The molecule has 0 bridgehead atoms. The van der Waals surface area contributed by atoms with Gasteiger partial charge in [-0.2, -0.15) is 0 Å². The molecule has 2 fully saturated rings. The van der Waals surface area contributed by atoms with Crippen LogP contribution in [-0.2, 0) is 0 Å². The highest BCUT2D eigenvalue weighted by Gasteiger charge is 2.47. The minimum Gasteiger partial charge on any atom is -0.311 e. The Bertz CT molecular complexity index is 272. The van der Waals surface area contributed by atoms with Gasteiger partial charge in [-0.05, 0) is 57.4 Å². The van der Waals surface area contributed by atoms with Crippen LogP contribution in [0.5, 0.6) is 0 Å². The second-order valence-corrected chi connectivity index (χ2v) is 7.48. The molecule has 1 saturated heterocycles. The van der Waals surface area contributed by atoms with Gasteiger partial charge in [0.25, 0.3) is 0 Å². The molecule has 0 aromatic rings. The van der Waals surface area contributed by atoms with Gasteiger partial charge in [0, 0.05) is 24.7 Å². The van der Waals surface area contributed by atoms with Crippen molar-refractivity contribution in [3.8, 4) is 0 Å². The molecule has 19 heavy (non-hydrogen) atoms. The van der Waals surface area contributed by atoms with Gasteiger partial charge in [-0.1, -0.05) is 27.2 Å². The highest BCUT2D eigenvalue weighted by molar-refractivity contribution is 5.04. The monoisotopic (exact) mass is 266 g/mol. The van der Waals surface area contributed by atoms with Gasteiger partial charge in [0.05, 0.1) is 0 Å². The van der Waals surface area contributed by atoms with E-state index < -0.39 is 0 Å². The third-order valence-corrected chi connectivity index (χ3v) is 5.22. The van der Waals surface area contributed by atoms with Crippen LogP contribution in [-0.4, -0.2) is 36.1 Å². The van der Waals surface area contributed by atoms with Crippen molar-refractivity contribution < 1.29 is 0 Å². The molecule has 0 spiro atoms. The summed E-state index contributed by atoms with van der Waals surface area (Å²) in [6, 6.07) is 0.732. The highest BCUT2D eigenvalue weighted by atomic mass is 15.3. The summed E-state index contributed by atoms with van der Waals surface area (Å²) >= 11 is 0. The van der Waals surface area contributed by atoms with Gasteiger partial charge in [0.15, 0.2) is 0 Å². The zero-order chi connectivity index (χ0) is 13.9. The van der Waals surface area contributed by atoms with Crippen LogP contribution < -0.4 is 5.32 Å². The molecule has 0 amide bonds. The van der Waals surface area contributed by atoms with Crippen molar-refractivity contribution in [1.82, 2.24) is 10.2 Å². The molecule has 2 aliphatic rings. The molecular formula is C17H34N2. The van der Waals surface area contributed by atoms with Crippen LogP contribution in [0.2, 0.25) is 0 Å². The maximum absolute atomic E-state index is 3.82. The van der Waals surface area contributed by atoms with Crippen molar-refractivity contribution in [3.63, 3.8) is 0 Å². The average molecular weight is 266 g/mol. The maximum atomic E-state index is 3.82. The number of hydrogen-bond donors (Lipinski definition) is 1. The van der Waals surface area contributed by atoms with Crippen LogP contribution in [0.25, 0.3) is 0 Å². The summed E-state index contributed by atoms with van der Waals surface area (Å²) in [5.74, 6) is 1.81. The van der Waals surface area contributed by atoms with Crippen molar-refractivity contribution in [2.75, 3.05) is 19.6 Å². The van der Waals surface area contributed by atoms with Gasteiger partial charge < -0.3 is 5.32 Å². The lowest BCUT2D eigenvalue weighted by molar-refractivity contribution is 0.0311. The first-order chi connectivity index (χ1) is 9.06. The lowest BCUT2D eigenvalue weighted by Gasteiger charge is -2.49. The van der Waals surface area contributed by atoms with Crippen LogP contribution in [0.3, 0.4) is 0 Å². The Morgan fingerprint density at radius 3 is 2.63 bits per heavy atom. The van der Waals surface area contributed by atoms with Crippen LogP contribution >= 0.6 is 0 Å². The van der Waals surface area contributed by atoms with Crippen LogP contribution in [0.4, 0.5) is 0 Å². The third kappa shape index (κ3) is 3.95. The van der Waals surface area contributed by atoms with Crippen LogP contribution in [0, 0.1) is 11.8 Å². The quantitative estimate of drug-likeness (QED) is 0.756. The van der Waals surface area contributed by atoms with E-state index in [4.69, 9.17) is 0 Å². The summed E-state index contributed by atoms with van der Waals surface area (Å²) in [6.45, 7) is 13.3. The summed E-state index contributed by atoms with van der Waals surface area (Å²) < 4.78 is 0. The molecule has 1 N–H and O–H groups in total. The Morgan fingerprint density at radius 2 is 2.05 bits per heavy atom. The van der Waals surface area contributed by atoms with Crippen molar-refractivity contribution in [2.24, 2.45) is 11.8 Å². The molecule has 112 valence electrons. The number of piperazine rings is 1. The maximum Gasteiger partial charge on any atom is 0.0334 e. The predicted molar refractivity (Wildman–Crippen MR) is 83.5 cm³/mol. The molecule has 0 radical (unpaired) electrons. The minimum atomic E-state index is 0.446. The Kier molecular flexibility index (Phi) is 5.30. The molecule has 2 unspecified atom stereocenters. The SMILES string of the molecule is CCCC1CN(CCCC(C)C)C(C)(C2CC2)CN1. The van der Waals surface area contributed by atoms with E-state index in [2.05, 4.69) is 37.9 Å². The Balaban J connectivity index is 1.90. The van der Waals surface area contributed by atoms with E-state index in [9.17, 15) is 0 Å². The summed E-state index contributed by atoms with van der Waals surface area (Å²) in [5, 5.41) is 3.82. The summed E-state index contributed by atoms with van der Waals surface area (Å²) in [6.07, 6.45) is 8.30. The normalized spacial score (nSPS) is 33.0. The van der Waals surface area contributed by atoms with Crippen molar-refractivity contribution >= 4 is 0 Å². The average Bonchev–Trinajstić information content (AvgIpc) is 3.17. The third-order valence-electron chi connectivity index (χ3n) is 5.22. The highest BCUT2D eigenvalue weighted by Crippen LogP contribution is 2.44. The minimum absolute atomic E-state index is 0.446. The molecule has 2 nitrogen and oxygen atoms in total. The zero-order valence-corrected chi connectivity index (χ0v) is 13.5. The van der Waals surface area contributed by atoms with Gasteiger partial charge in [-0.25, -0.2) is 0 Å². The van der Waals surface area contributed by atoms with Crippen LogP contribution in [0.15, 0.2) is 0 Å². The van der Waals surface area contributed by atoms with Gasteiger partial charge in [0.1, 0.15) is 0 Å². The van der Waals surface area contributed by atoms with Gasteiger partial charge >= 0.3 is 0 Å². The molecule has 1 heterocycles. The number of rotatable bonds is 7.